The third kappa shape index (κ3) is 3.25. The SMILES string of the molecule is CCOc1c(C(C)Cl)cc(Cl)c(C#N)c1C1CNC(O)O1. The van der Waals surface area contributed by atoms with Crippen LogP contribution in [0.15, 0.2) is 6.07 Å². The molecule has 21 heavy (non-hydrogen) atoms. The van der Waals surface area contributed by atoms with Crippen molar-refractivity contribution in [1.29, 1.82) is 5.26 Å². The first-order valence-electron chi connectivity index (χ1n) is 6.59. The van der Waals surface area contributed by atoms with Crippen LogP contribution in [0.3, 0.4) is 0 Å². The van der Waals surface area contributed by atoms with E-state index >= 15 is 0 Å². The topological polar surface area (TPSA) is 74.5 Å². The van der Waals surface area contributed by atoms with E-state index in [9.17, 15) is 10.4 Å². The van der Waals surface area contributed by atoms with Crippen molar-refractivity contribution in [3.05, 3.63) is 27.8 Å². The molecule has 2 N–H and O–H groups in total. The Morgan fingerprint density at radius 1 is 1.67 bits per heavy atom. The first kappa shape index (κ1) is 16.3. The van der Waals surface area contributed by atoms with Crippen molar-refractivity contribution in [2.45, 2.75) is 31.7 Å². The Morgan fingerprint density at radius 2 is 2.38 bits per heavy atom. The molecule has 0 radical (unpaired) electrons. The molecule has 0 aromatic heterocycles. The van der Waals surface area contributed by atoms with Crippen LogP contribution in [0, 0.1) is 11.3 Å². The highest BCUT2D eigenvalue weighted by Gasteiger charge is 2.32. The number of nitriles is 1. The van der Waals surface area contributed by atoms with Gasteiger partial charge < -0.3 is 14.6 Å². The number of hydrogen-bond acceptors (Lipinski definition) is 5. The van der Waals surface area contributed by atoms with Crippen LogP contribution in [0.2, 0.25) is 5.02 Å². The van der Waals surface area contributed by atoms with Crippen molar-refractivity contribution in [1.82, 2.24) is 5.32 Å². The molecular weight excluding hydrogens is 315 g/mol. The smallest absolute Gasteiger partial charge is 0.214 e. The Hall–Kier alpha value is -1.03. The van der Waals surface area contributed by atoms with E-state index in [-0.39, 0.29) is 10.9 Å². The highest BCUT2D eigenvalue weighted by molar-refractivity contribution is 6.32. The highest BCUT2D eigenvalue weighted by Crippen LogP contribution is 2.43. The second kappa shape index (κ2) is 6.82. The van der Waals surface area contributed by atoms with Crippen molar-refractivity contribution in [3.63, 3.8) is 0 Å². The number of alkyl halides is 1. The third-order valence-corrected chi connectivity index (χ3v) is 3.75. The van der Waals surface area contributed by atoms with Gasteiger partial charge in [0, 0.05) is 17.7 Å². The molecule has 1 aliphatic heterocycles. The number of hydrogen-bond donors (Lipinski definition) is 2. The van der Waals surface area contributed by atoms with Gasteiger partial charge in [-0.05, 0) is 19.9 Å². The molecule has 2 rings (SSSR count). The molecule has 3 atom stereocenters. The van der Waals surface area contributed by atoms with Gasteiger partial charge in [-0.15, -0.1) is 11.6 Å². The van der Waals surface area contributed by atoms with Crippen molar-refractivity contribution in [2.24, 2.45) is 0 Å². The normalized spacial score (nSPS) is 22.9. The Balaban J connectivity index is 2.65. The van der Waals surface area contributed by atoms with Crippen LogP contribution in [-0.2, 0) is 4.74 Å². The lowest BCUT2D eigenvalue weighted by molar-refractivity contribution is -0.101. The maximum absolute atomic E-state index is 9.48. The lowest BCUT2D eigenvalue weighted by Crippen LogP contribution is -2.20. The molecule has 114 valence electrons. The van der Waals surface area contributed by atoms with E-state index in [1.807, 2.05) is 6.92 Å². The van der Waals surface area contributed by atoms with Crippen LogP contribution in [-0.4, -0.2) is 24.7 Å². The average Bonchev–Trinajstić information content (AvgIpc) is 2.86. The maximum atomic E-state index is 9.48. The molecule has 7 heteroatoms. The molecule has 1 saturated heterocycles. The number of aliphatic hydroxyl groups is 1. The van der Waals surface area contributed by atoms with Gasteiger partial charge in [0.25, 0.3) is 0 Å². The molecule has 1 fully saturated rings. The van der Waals surface area contributed by atoms with Gasteiger partial charge >= 0.3 is 0 Å². The standard InChI is InChI=1S/C14H16Cl2N2O3/c1-3-20-13-8(7(2)15)4-10(16)9(5-17)12(13)11-6-18-14(19)21-11/h4,7,11,14,18-19H,3,6H2,1-2H3. The van der Waals surface area contributed by atoms with Crippen LogP contribution in [0.5, 0.6) is 5.75 Å². The Labute approximate surface area is 133 Å². The summed E-state index contributed by atoms with van der Waals surface area (Å²) in [5.74, 6) is 0.502. The highest BCUT2D eigenvalue weighted by atomic mass is 35.5. The van der Waals surface area contributed by atoms with Gasteiger partial charge in [-0.1, -0.05) is 11.6 Å². The van der Waals surface area contributed by atoms with Gasteiger partial charge in [-0.2, -0.15) is 5.26 Å². The maximum Gasteiger partial charge on any atom is 0.214 e. The summed E-state index contributed by atoms with van der Waals surface area (Å²) < 4.78 is 11.1. The predicted molar refractivity (Wildman–Crippen MR) is 79.4 cm³/mol. The Morgan fingerprint density at radius 3 is 2.86 bits per heavy atom. The Kier molecular flexibility index (Phi) is 5.31. The molecule has 0 spiro atoms. The lowest BCUT2D eigenvalue weighted by Gasteiger charge is -2.21. The van der Waals surface area contributed by atoms with Crippen LogP contribution in [0.1, 0.15) is 42.0 Å². The monoisotopic (exact) mass is 330 g/mol. The number of rotatable bonds is 4. The van der Waals surface area contributed by atoms with Crippen LogP contribution >= 0.6 is 23.2 Å². The van der Waals surface area contributed by atoms with Gasteiger partial charge in [-0.3, -0.25) is 5.32 Å². The predicted octanol–water partition coefficient (Wildman–Crippen LogP) is 2.85. The zero-order chi connectivity index (χ0) is 15.6. The Bertz CT molecular complexity index is 572. The summed E-state index contributed by atoms with van der Waals surface area (Å²) in [4.78, 5) is 0. The summed E-state index contributed by atoms with van der Waals surface area (Å²) in [7, 11) is 0. The number of aliphatic hydroxyl groups excluding tert-OH is 1. The van der Waals surface area contributed by atoms with Crippen LogP contribution in [0.25, 0.3) is 0 Å². The van der Waals surface area contributed by atoms with E-state index in [1.54, 1.807) is 13.0 Å². The van der Waals surface area contributed by atoms with Gasteiger partial charge in [0.2, 0.25) is 6.41 Å². The molecule has 1 heterocycles. The zero-order valence-electron chi connectivity index (χ0n) is 11.7. The summed E-state index contributed by atoms with van der Waals surface area (Å²) in [6.07, 6.45) is -1.60. The zero-order valence-corrected chi connectivity index (χ0v) is 13.2. The molecule has 0 aliphatic carbocycles. The van der Waals surface area contributed by atoms with Crippen molar-refractivity contribution in [2.75, 3.05) is 13.2 Å². The summed E-state index contributed by atoms with van der Waals surface area (Å²) in [6, 6.07) is 3.72. The van der Waals surface area contributed by atoms with E-state index in [2.05, 4.69) is 11.4 Å². The van der Waals surface area contributed by atoms with E-state index in [4.69, 9.17) is 32.7 Å². The molecular formula is C14H16Cl2N2O3. The summed E-state index contributed by atoms with van der Waals surface area (Å²) >= 11 is 12.4. The number of nitrogens with one attached hydrogen (secondary N) is 1. The quantitative estimate of drug-likeness (QED) is 0.830. The average molecular weight is 331 g/mol. The van der Waals surface area contributed by atoms with Crippen LogP contribution in [0.4, 0.5) is 0 Å². The molecule has 1 aromatic carbocycles. The number of ether oxygens (including phenoxy) is 2. The van der Waals surface area contributed by atoms with E-state index < -0.39 is 12.5 Å². The van der Waals surface area contributed by atoms with E-state index in [0.717, 1.165) is 0 Å². The van der Waals surface area contributed by atoms with Gasteiger partial charge in [0.15, 0.2) is 0 Å². The molecule has 1 aromatic rings. The first-order chi connectivity index (χ1) is 9.99. The minimum absolute atomic E-state index is 0.280. The molecule has 3 unspecified atom stereocenters. The van der Waals surface area contributed by atoms with Gasteiger partial charge in [0.1, 0.15) is 17.9 Å². The van der Waals surface area contributed by atoms with E-state index in [0.29, 0.717) is 35.1 Å². The number of nitrogens with zero attached hydrogens (tertiary/aromatic N) is 1. The fraction of sp³-hybridized carbons (Fsp3) is 0.500. The van der Waals surface area contributed by atoms with Gasteiger partial charge in [-0.25, -0.2) is 0 Å². The summed E-state index contributed by atoms with van der Waals surface area (Å²) in [5, 5.41) is 21.6. The molecule has 1 aliphatic rings. The first-order valence-corrected chi connectivity index (χ1v) is 7.41. The van der Waals surface area contributed by atoms with Crippen LogP contribution < -0.4 is 10.1 Å². The number of halogens is 2. The third-order valence-electron chi connectivity index (χ3n) is 3.22. The second-order valence-electron chi connectivity index (χ2n) is 4.61. The van der Waals surface area contributed by atoms with Crippen molar-refractivity contribution in [3.8, 4) is 11.8 Å². The molecule has 0 bridgehead atoms. The van der Waals surface area contributed by atoms with Crippen molar-refractivity contribution < 1.29 is 14.6 Å². The molecule has 5 nitrogen and oxygen atoms in total. The second-order valence-corrected chi connectivity index (χ2v) is 5.67. The van der Waals surface area contributed by atoms with Gasteiger partial charge in [0.05, 0.1) is 22.6 Å². The van der Waals surface area contributed by atoms with E-state index in [1.165, 1.54) is 0 Å². The minimum Gasteiger partial charge on any atom is -0.493 e. The molecule has 0 amide bonds. The summed E-state index contributed by atoms with van der Waals surface area (Å²) in [5.41, 5.74) is 1.50. The summed E-state index contributed by atoms with van der Waals surface area (Å²) in [6.45, 7) is 4.41. The lowest BCUT2D eigenvalue weighted by atomic mass is 9.96. The largest absolute Gasteiger partial charge is 0.493 e. The minimum atomic E-state index is -1.08. The fourth-order valence-electron chi connectivity index (χ4n) is 2.32. The number of benzene rings is 1. The fourth-order valence-corrected chi connectivity index (χ4v) is 2.75. The van der Waals surface area contributed by atoms with Crippen molar-refractivity contribution >= 4 is 23.2 Å². The molecule has 0 saturated carbocycles.